The molecule has 0 saturated carbocycles. The van der Waals surface area contributed by atoms with Crippen molar-refractivity contribution in [3.63, 3.8) is 0 Å². The summed E-state index contributed by atoms with van der Waals surface area (Å²) in [7, 11) is 0. The van der Waals surface area contributed by atoms with Gasteiger partial charge >= 0.3 is 0 Å². The van der Waals surface area contributed by atoms with Crippen molar-refractivity contribution < 1.29 is 14.3 Å². The Labute approximate surface area is 209 Å². The summed E-state index contributed by atoms with van der Waals surface area (Å²) >= 11 is 0. The molecule has 0 fully saturated rings. The van der Waals surface area contributed by atoms with Crippen LogP contribution in [0.15, 0.2) is 66.7 Å². The fraction of sp³-hybridized carbons (Fsp3) is 0.448. The van der Waals surface area contributed by atoms with Crippen LogP contribution in [0.1, 0.15) is 58.4 Å². The zero-order valence-electron chi connectivity index (χ0n) is 21.2. The minimum atomic E-state index is -0.458. The average Bonchev–Trinajstić information content (AvgIpc) is 2.86. The lowest BCUT2D eigenvalue weighted by Gasteiger charge is -2.40. The normalized spacial score (nSPS) is 16.4. The number of allylic oxidation sites excluding steroid dienone is 1. The maximum atomic E-state index is 12.6. The van der Waals surface area contributed by atoms with Crippen molar-refractivity contribution in [3.8, 4) is 5.75 Å². The van der Waals surface area contributed by atoms with Crippen molar-refractivity contribution in [1.82, 2.24) is 5.32 Å². The molecule has 2 amide bonds. The van der Waals surface area contributed by atoms with Gasteiger partial charge in [0.05, 0.1) is 5.54 Å². The highest BCUT2D eigenvalue weighted by atomic mass is 16.5. The molecule has 0 bridgehead atoms. The van der Waals surface area contributed by atoms with Gasteiger partial charge in [0.1, 0.15) is 12.4 Å². The molecule has 1 aliphatic carbocycles. The quantitative estimate of drug-likeness (QED) is 0.423. The SMILES string of the molecule is CC(CCC(=O)NC(C)(C)CN(c1ccc(OCc2ccccc2)cc1)C1C=CCCC1)C(N)=O. The van der Waals surface area contributed by atoms with Gasteiger partial charge in [0, 0.05) is 30.6 Å². The summed E-state index contributed by atoms with van der Waals surface area (Å²) < 4.78 is 5.97. The van der Waals surface area contributed by atoms with E-state index in [0.29, 0.717) is 19.6 Å². The van der Waals surface area contributed by atoms with E-state index in [2.05, 4.69) is 46.6 Å². The Hall–Kier alpha value is -3.28. The number of nitrogens with zero attached hydrogens (tertiary/aromatic N) is 1. The van der Waals surface area contributed by atoms with Crippen LogP contribution in [-0.2, 0) is 16.2 Å². The Balaban J connectivity index is 1.67. The molecular formula is C29H39N3O3. The number of hydrogen-bond donors (Lipinski definition) is 2. The van der Waals surface area contributed by atoms with Gasteiger partial charge in [-0.25, -0.2) is 0 Å². The van der Waals surface area contributed by atoms with Crippen molar-refractivity contribution in [2.45, 2.75) is 71.1 Å². The zero-order valence-corrected chi connectivity index (χ0v) is 21.2. The summed E-state index contributed by atoms with van der Waals surface area (Å²) in [5, 5.41) is 3.16. The second-order valence-corrected chi connectivity index (χ2v) is 10.1. The van der Waals surface area contributed by atoms with Crippen LogP contribution in [0.3, 0.4) is 0 Å². The zero-order chi connectivity index (χ0) is 25.3. The second-order valence-electron chi connectivity index (χ2n) is 10.1. The third kappa shape index (κ3) is 8.46. The topological polar surface area (TPSA) is 84.7 Å². The number of rotatable bonds is 12. The first-order chi connectivity index (χ1) is 16.7. The summed E-state index contributed by atoms with van der Waals surface area (Å²) in [6.45, 7) is 7.02. The number of nitrogens with two attached hydrogens (primary N) is 1. The third-order valence-electron chi connectivity index (χ3n) is 6.38. The van der Waals surface area contributed by atoms with Gasteiger partial charge in [0.15, 0.2) is 0 Å². The number of ether oxygens (including phenoxy) is 1. The molecule has 2 atom stereocenters. The Morgan fingerprint density at radius 2 is 1.86 bits per heavy atom. The molecule has 0 heterocycles. The molecule has 35 heavy (non-hydrogen) atoms. The van der Waals surface area contributed by atoms with Crippen molar-refractivity contribution in [1.29, 1.82) is 0 Å². The first kappa shape index (κ1) is 26.3. The number of nitrogens with one attached hydrogen (secondary N) is 1. The van der Waals surface area contributed by atoms with E-state index in [4.69, 9.17) is 10.5 Å². The highest BCUT2D eigenvalue weighted by Gasteiger charge is 2.28. The van der Waals surface area contributed by atoms with E-state index in [0.717, 1.165) is 36.3 Å². The van der Waals surface area contributed by atoms with Crippen LogP contribution in [0.4, 0.5) is 5.69 Å². The highest BCUT2D eigenvalue weighted by Crippen LogP contribution is 2.28. The minimum Gasteiger partial charge on any atom is -0.489 e. The number of anilines is 1. The molecule has 6 heteroatoms. The van der Waals surface area contributed by atoms with E-state index < -0.39 is 5.54 Å². The van der Waals surface area contributed by atoms with Gasteiger partial charge in [-0.2, -0.15) is 0 Å². The van der Waals surface area contributed by atoms with Gasteiger partial charge in [-0.15, -0.1) is 0 Å². The molecule has 2 unspecified atom stereocenters. The maximum Gasteiger partial charge on any atom is 0.220 e. The van der Waals surface area contributed by atoms with Gasteiger partial charge in [0.25, 0.3) is 0 Å². The molecule has 0 saturated heterocycles. The molecule has 2 aromatic rings. The molecule has 2 aromatic carbocycles. The summed E-state index contributed by atoms with van der Waals surface area (Å²) in [6.07, 6.45) is 8.58. The van der Waals surface area contributed by atoms with Crippen LogP contribution in [-0.4, -0.2) is 29.9 Å². The highest BCUT2D eigenvalue weighted by molar-refractivity contribution is 5.79. The van der Waals surface area contributed by atoms with Crippen molar-refractivity contribution in [2.75, 3.05) is 11.4 Å². The summed E-state index contributed by atoms with van der Waals surface area (Å²) in [6, 6.07) is 18.6. The predicted molar refractivity (Wildman–Crippen MR) is 141 cm³/mol. The Kier molecular flexibility index (Phi) is 9.35. The van der Waals surface area contributed by atoms with Crippen LogP contribution in [0, 0.1) is 5.92 Å². The molecular weight excluding hydrogens is 438 g/mol. The number of primary amides is 1. The van der Waals surface area contributed by atoms with Crippen molar-refractivity contribution in [2.24, 2.45) is 11.7 Å². The lowest BCUT2D eigenvalue weighted by atomic mass is 9.96. The molecule has 3 rings (SSSR count). The molecule has 0 spiro atoms. The molecule has 3 N–H and O–H groups in total. The maximum absolute atomic E-state index is 12.6. The fourth-order valence-electron chi connectivity index (χ4n) is 4.32. The first-order valence-corrected chi connectivity index (χ1v) is 12.5. The molecule has 1 aliphatic rings. The molecule has 0 radical (unpaired) electrons. The summed E-state index contributed by atoms with van der Waals surface area (Å²) in [5.74, 6) is 0.0821. The monoisotopic (exact) mass is 477 g/mol. The van der Waals surface area contributed by atoms with E-state index in [1.54, 1.807) is 6.92 Å². The molecule has 0 aliphatic heterocycles. The van der Waals surface area contributed by atoms with Gasteiger partial charge in [-0.05, 0) is 69.4 Å². The largest absolute Gasteiger partial charge is 0.489 e. The van der Waals surface area contributed by atoms with Gasteiger partial charge in [0.2, 0.25) is 11.8 Å². The van der Waals surface area contributed by atoms with Crippen LogP contribution in [0.2, 0.25) is 0 Å². The van der Waals surface area contributed by atoms with Gasteiger partial charge < -0.3 is 20.7 Å². The Morgan fingerprint density at radius 3 is 2.49 bits per heavy atom. The van der Waals surface area contributed by atoms with E-state index in [-0.39, 0.29) is 30.2 Å². The van der Waals surface area contributed by atoms with Crippen LogP contribution >= 0.6 is 0 Å². The summed E-state index contributed by atoms with van der Waals surface area (Å²) in [4.78, 5) is 26.2. The van der Waals surface area contributed by atoms with E-state index in [1.165, 1.54) is 0 Å². The number of hydrogen-bond acceptors (Lipinski definition) is 4. The average molecular weight is 478 g/mol. The van der Waals surface area contributed by atoms with Crippen molar-refractivity contribution in [3.05, 3.63) is 72.3 Å². The number of amides is 2. The molecule has 188 valence electrons. The van der Waals surface area contributed by atoms with Crippen LogP contribution < -0.4 is 20.7 Å². The van der Waals surface area contributed by atoms with Gasteiger partial charge in [-0.3, -0.25) is 9.59 Å². The first-order valence-electron chi connectivity index (χ1n) is 12.5. The Bertz CT molecular complexity index is 986. The summed E-state index contributed by atoms with van der Waals surface area (Å²) in [5.41, 5.74) is 7.10. The number of benzene rings is 2. The van der Waals surface area contributed by atoms with Crippen LogP contribution in [0.25, 0.3) is 0 Å². The minimum absolute atomic E-state index is 0.0631. The number of carbonyl (C=O) groups excluding carboxylic acids is 2. The number of carbonyl (C=O) groups is 2. The molecule has 0 aromatic heterocycles. The van der Waals surface area contributed by atoms with E-state index >= 15 is 0 Å². The Morgan fingerprint density at radius 1 is 1.14 bits per heavy atom. The van der Waals surface area contributed by atoms with Gasteiger partial charge in [-0.1, -0.05) is 49.4 Å². The van der Waals surface area contributed by atoms with E-state index in [1.807, 2.05) is 44.2 Å². The van der Waals surface area contributed by atoms with E-state index in [9.17, 15) is 9.59 Å². The molecule has 6 nitrogen and oxygen atoms in total. The van der Waals surface area contributed by atoms with Crippen LogP contribution in [0.5, 0.6) is 5.75 Å². The second kappa shape index (κ2) is 12.4. The fourth-order valence-corrected chi connectivity index (χ4v) is 4.32. The standard InChI is InChI=1S/C29H39N3O3/c1-22(28(30)34)14-19-27(33)31-29(2,3)21-32(24-12-8-5-9-13-24)25-15-17-26(18-16-25)35-20-23-10-6-4-7-11-23/h4,6-8,10-12,15-18,22,24H,5,9,13-14,19-21H2,1-3H3,(H2,30,34)(H,31,33). The predicted octanol–water partition coefficient (Wildman–Crippen LogP) is 4.98. The lowest BCUT2D eigenvalue weighted by Crippen LogP contribution is -2.54. The third-order valence-corrected chi connectivity index (χ3v) is 6.38. The lowest BCUT2D eigenvalue weighted by molar-refractivity contribution is -0.124. The smallest absolute Gasteiger partial charge is 0.220 e. The van der Waals surface area contributed by atoms with Crippen molar-refractivity contribution >= 4 is 17.5 Å².